The lowest BCUT2D eigenvalue weighted by Crippen LogP contribution is -2.19. The van der Waals surface area contributed by atoms with Crippen LogP contribution in [-0.2, 0) is 19.3 Å². The molecule has 6 heteroatoms. The number of fused-ring (bicyclic) bond motifs is 1. The normalized spacial score (nSPS) is 11.6. The fourth-order valence-corrected chi connectivity index (χ4v) is 4.10. The summed E-state index contributed by atoms with van der Waals surface area (Å²) in [5, 5.41) is 1.28. The van der Waals surface area contributed by atoms with E-state index in [0.717, 1.165) is 35.4 Å². The first-order valence-electron chi connectivity index (χ1n) is 11.6. The Hall–Kier alpha value is -3.67. The molecule has 36 heavy (non-hydrogen) atoms. The van der Waals surface area contributed by atoms with Gasteiger partial charge in [-0.15, -0.1) is 6.58 Å². The molecule has 186 valence electrons. The Morgan fingerprint density at radius 3 is 2.17 bits per heavy atom. The number of hydrogen-bond acceptors (Lipinski definition) is 1. The van der Waals surface area contributed by atoms with Crippen molar-refractivity contribution in [3.05, 3.63) is 114 Å². The molecule has 0 aromatic heterocycles. The molecule has 0 unspecified atom stereocenters. The van der Waals surface area contributed by atoms with Crippen molar-refractivity contribution in [3.8, 4) is 16.9 Å². The lowest BCUT2D eigenvalue weighted by Gasteiger charge is -2.11. The Balaban J connectivity index is 1.46. The number of benzene rings is 4. The molecule has 4 aromatic carbocycles. The lowest BCUT2D eigenvalue weighted by atomic mass is 9.96. The van der Waals surface area contributed by atoms with Gasteiger partial charge in [0.05, 0.1) is 0 Å². The molecule has 0 radical (unpaired) electrons. The van der Waals surface area contributed by atoms with E-state index in [2.05, 4.69) is 35.6 Å². The first-order valence-corrected chi connectivity index (χ1v) is 11.6. The summed E-state index contributed by atoms with van der Waals surface area (Å²) >= 11 is 0. The highest BCUT2D eigenvalue weighted by Gasteiger charge is 2.29. The SMILES string of the molecule is C=CCCc1ccc(-c2ccc3c(F)c(CCc4ccc(OCC(F)(F)F)c(F)c4)ccc3c2)cc1. The van der Waals surface area contributed by atoms with E-state index in [-0.39, 0.29) is 5.82 Å². The molecule has 0 aliphatic heterocycles. The quantitative estimate of drug-likeness (QED) is 0.166. The average molecular weight is 497 g/mol. The van der Waals surface area contributed by atoms with E-state index in [4.69, 9.17) is 0 Å². The Labute approximate surface area is 206 Å². The Morgan fingerprint density at radius 2 is 1.47 bits per heavy atom. The summed E-state index contributed by atoms with van der Waals surface area (Å²) in [6, 6.07) is 21.3. The van der Waals surface area contributed by atoms with E-state index in [1.165, 1.54) is 17.7 Å². The summed E-state index contributed by atoms with van der Waals surface area (Å²) in [5.41, 5.74) is 4.30. The van der Waals surface area contributed by atoms with E-state index < -0.39 is 24.3 Å². The molecule has 4 aromatic rings. The summed E-state index contributed by atoms with van der Waals surface area (Å²) in [7, 11) is 0. The molecule has 0 heterocycles. The molecule has 0 aliphatic rings. The van der Waals surface area contributed by atoms with E-state index in [1.807, 2.05) is 24.3 Å². The number of halogens is 5. The number of allylic oxidation sites excluding steroid dienone is 1. The predicted molar refractivity (Wildman–Crippen MR) is 133 cm³/mol. The van der Waals surface area contributed by atoms with Crippen LogP contribution in [0, 0.1) is 11.6 Å². The van der Waals surface area contributed by atoms with Gasteiger partial charge in [0, 0.05) is 5.39 Å². The lowest BCUT2D eigenvalue weighted by molar-refractivity contribution is -0.153. The zero-order valence-electron chi connectivity index (χ0n) is 19.5. The molecule has 0 bridgehead atoms. The number of ether oxygens (including phenoxy) is 1. The highest BCUT2D eigenvalue weighted by molar-refractivity contribution is 5.88. The maximum absolute atomic E-state index is 15.2. The van der Waals surface area contributed by atoms with E-state index in [0.29, 0.717) is 29.4 Å². The van der Waals surface area contributed by atoms with Gasteiger partial charge in [0.15, 0.2) is 18.2 Å². The van der Waals surface area contributed by atoms with Gasteiger partial charge in [-0.3, -0.25) is 0 Å². The molecular formula is C30H25F5O. The van der Waals surface area contributed by atoms with Gasteiger partial charge in [-0.2, -0.15) is 13.2 Å². The van der Waals surface area contributed by atoms with Crippen LogP contribution in [0.5, 0.6) is 5.75 Å². The van der Waals surface area contributed by atoms with Crippen LogP contribution in [0.2, 0.25) is 0 Å². The van der Waals surface area contributed by atoms with Crippen molar-refractivity contribution in [1.29, 1.82) is 0 Å². The Kier molecular flexibility index (Phi) is 7.73. The number of rotatable bonds is 9. The van der Waals surface area contributed by atoms with Crippen LogP contribution in [0.25, 0.3) is 21.9 Å². The van der Waals surface area contributed by atoms with E-state index in [1.54, 1.807) is 12.1 Å². The maximum Gasteiger partial charge on any atom is 0.422 e. The van der Waals surface area contributed by atoms with Crippen molar-refractivity contribution in [2.45, 2.75) is 31.9 Å². The predicted octanol–water partition coefficient (Wildman–Crippen LogP) is 8.63. The third-order valence-corrected chi connectivity index (χ3v) is 6.03. The second kappa shape index (κ2) is 10.9. The van der Waals surface area contributed by atoms with Gasteiger partial charge < -0.3 is 4.74 Å². The van der Waals surface area contributed by atoms with Crippen LogP contribution in [0.3, 0.4) is 0 Å². The van der Waals surface area contributed by atoms with Gasteiger partial charge in [-0.05, 0) is 77.1 Å². The maximum atomic E-state index is 15.2. The van der Waals surface area contributed by atoms with E-state index >= 15 is 4.39 Å². The number of hydrogen-bond donors (Lipinski definition) is 0. The van der Waals surface area contributed by atoms with Crippen molar-refractivity contribution < 1.29 is 26.7 Å². The summed E-state index contributed by atoms with van der Waals surface area (Å²) in [6.07, 6.45) is -0.139. The van der Waals surface area contributed by atoms with Gasteiger partial charge in [-0.1, -0.05) is 60.7 Å². The molecule has 1 nitrogen and oxygen atoms in total. The monoisotopic (exact) mass is 496 g/mol. The van der Waals surface area contributed by atoms with Crippen molar-refractivity contribution in [2.24, 2.45) is 0 Å². The van der Waals surface area contributed by atoms with Gasteiger partial charge in [-0.25, -0.2) is 8.78 Å². The second-order valence-corrected chi connectivity index (χ2v) is 8.67. The molecule has 0 saturated carbocycles. The molecule has 0 saturated heterocycles. The zero-order chi connectivity index (χ0) is 25.7. The molecule has 0 amide bonds. The summed E-state index contributed by atoms with van der Waals surface area (Å²) in [5.74, 6) is -1.67. The topological polar surface area (TPSA) is 9.23 Å². The third-order valence-electron chi connectivity index (χ3n) is 6.03. The standard InChI is InChI=1S/C30H25F5O/c1-2-3-4-20-5-9-22(10-6-20)24-14-15-26-25(18-24)13-12-23(29(26)32)11-7-21-8-16-28(27(31)17-21)36-19-30(33,34)35/h2,5-6,8-10,12-18H,1,3-4,7,11,19H2. The van der Waals surface area contributed by atoms with Crippen LogP contribution in [0.1, 0.15) is 23.1 Å². The van der Waals surface area contributed by atoms with Gasteiger partial charge >= 0.3 is 6.18 Å². The molecule has 4 rings (SSSR count). The van der Waals surface area contributed by atoms with Crippen molar-refractivity contribution >= 4 is 10.8 Å². The molecule has 0 atom stereocenters. The molecular weight excluding hydrogens is 471 g/mol. The molecule has 0 spiro atoms. The Bertz CT molecular complexity index is 1360. The zero-order valence-corrected chi connectivity index (χ0v) is 19.5. The fourth-order valence-electron chi connectivity index (χ4n) is 4.10. The van der Waals surface area contributed by atoms with E-state index in [9.17, 15) is 17.6 Å². The highest BCUT2D eigenvalue weighted by Crippen LogP contribution is 2.29. The smallest absolute Gasteiger partial charge is 0.422 e. The summed E-state index contributed by atoms with van der Waals surface area (Å²) < 4.78 is 70.7. The number of alkyl halides is 3. The van der Waals surface area contributed by atoms with Crippen LogP contribution in [-0.4, -0.2) is 12.8 Å². The molecule has 0 N–H and O–H groups in total. The second-order valence-electron chi connectivity index (χ2n) is 8.67. The highest BCUT2D eigenvalue weighted by atomic mass is 19.4. The van der Waals surface area contributed by atoms with Crippen molar-refractivity contribution in [3.63, 3.8) is 0 Å². The Morgan fingerprint density at radius 1 is 0.750 bits per heavy atom. The van der Waals surface area contributed by atoms with Crippen LogP contribution in [0.4, 0.5) is 22.0 Å². The minimum absolute atomic E-state index is 0.317. The van der Waals surface area contributed by atoms with Crippen LogP contribution < -0.4 is 4.74 Å². The van der Waals surface area contributed by atoms with Crippen LogP contribution in [0.15, 0.2) is 85.5 Å². The minimum atomic E-state index is -4.55. The van der Waals surface area contributed by atoms with Gasteiger partial charge in [0.1, 0.15) is 5.82 Å². The largest absolute Gasteiger partial charge is 0.481 e. The number of aryl methyl sites for hydroxylation is 3. The van der Waals surface area contributed by atoms with Crippen LogP contribution >= 0.6 is 0 Å². The van der Waals surface area contributed by atoms with Crippen molar-refractivity contribution in [1.82, 2.24) is 0 Å². The average Bonchev–Trinajstić information content (AvgIpc) is 2.86. The summed E-state index contributed by atoms with van der Waals surface area (Å²) in [6.45, 7) is 2.19. The van der Waals surface area contributed by atoms with Gasteiger partial charge in [0.2, 0.25) is 0 Å². The van der Waals surface area contributed by atoms with Crippen molar-refractivity contribution in [2.75, 3.05) is 6.61 Å². The molecule has 0 aliphatic carbocycles. The first kappa shape index (κ1) is 25.4. The first-order chi connectivity index (χ1) is 17.2. The summed E-state index contributed by atoms with van der Waals surface area (Å²) in [4.78, 5) is 0. The molecule has 0 fully saturated rings. The van der Waals surface area contributed by atoms with Gasteiger partial charge in [0.25, 0.3) is 0 Å². The minimum Gasteiger partial charge on any atom is -0.481 e. The third kappa shape index (κ3) is 6.30. The fraction of sp³-hybridized carbons (Fsp3) is 0.200.